The minimum absolute atomic E-state index is 0.0943. The Morgan fingerprint density at radius 3 is 2.39 bits per heavy atom. The SMILES string of the molecule is CCc1ccccc1NC(=O)COC(=O)CN1C(=O)[C@@H]2[C@@H](C1=O)[C@H]1C=C[C@H]2C1. The van der Waals surface area contributed by atoms with E-state index in [-0.39, 0.29) is 35.5 Å². The van der Waals surface area contributed by atoms with Crippen molar-refractivity contribution in [2.45, 2.75) is 19.8 Å². The number of likely N-dealkylation sites (tertiary alicyclic amines) is 1. The summed E-state index contributed by atoms with van der Waals surface area (Å²) in [5.41, 5.74) is 1.65. The maximum Gasteiger partial charge on any atom is 0.326 e. The number of carbonyl (C=O) groups excluding carboxylic acids is 4. The van der Waals surface area contributed by atoms with E-state index in [9.17, 15) is 19.2 Å². The number of imide groups is 1. The van der Waals surface area contributed by atoms with Gasteiger partial charge in [0, 0.05) is 5.69 Å². The number of amides is 3. The third-order valence-electron chi connectivity index (χ3n) is 5.89. The Morgan fingerprint density at radius 1 is 1.11 bits per heavy atom. The number of hydrogen-bond donors (Lipinski definition) is 1. The Bertz CT molecular complexity index is 847. The van der Waals surface area contributed by atoms with Gasteiger partial charge in [-0.1, -0.05) is 37.3 Å². The maximum absolute atomic E-state index is 12.6. The molecule has 28 heavy (non-hydrogen) atoms. The van der Waals surface area contributed by atoms with Crippen LogP contribution in [0.5, 0.6) is 0 Å². The molecule has 3 amide bonds. The standard InChI is InChI=1S/C21H22N2O5/c1-2-12-5-3-4-6-15(12)22-16(24)11-28-17(25)10-23-20(26)18-13-7-8-14(9-13)19(18)21(23)27/h3-8,13-14,18-19H,2,9-11H2,1H3,(H,22,24)/t13-,14-,18-,19-/m0/s1. The lowest BCUT2D eigenvalue weighted by molar-refractivity contribution is -0.154. The van der Waals surface area contributed by atoms with Crippen LogP contribution in [0.4, 0.5) is 5.69 Å². The topological polar surface area (TPSA) is 92.8 Å². The molecule has 4 atom stereocenters. The Balaban J connectivity index is 1.30. The van der Waals surface area contributed by atoms with Crippen LogP contribution in [0.15, 0.2) is 36.4 Å². The molecule has 2 bridgehead atoms. The molecule has 0 radical (unpaired) electrons. The molecule has 2 fully saturated rings. The second-order valence-corrected chi connectivity index (χ2v) is 7.48. The molecule has 3 aliphatic rings. The van der Waals surface area contributed by atoms with E-state index in [0.29, 0.717) is 5.69 Å². The molecule has 1 saturated carbocycles. The first-order valence-corrected chi connectivity index (χ1v) is 9.56. The van der Waals surface area contributed by atoms with Crippen LogP contribution in [-0.4, -0.2) is 41.7 Å². The molecule has 7 nitrogen and oxygen atoms in total. The number of rotatable bonds is 6. The molecule has 1 N–H and O–H groups in total. The fraction of sp³-hybridized carbons (Fsp3) is 0.429. The van der Waals surface area contributed by atoms with E-state index in [4.69, 9.17) is 4.74 Å². The van der Waals surface area contributed by atoms with Gasteiger partial charge in [0.1, 0.15) is 6.54 Å². The second kappa shape index (κ2) is 7.22. The molecule has 7 heteroatoms. The normalized spacial score (nSPS) is 27.2. The molecule has 4 rings (SSSR count). The van der Waals surface area contributed by atoms with Gasteiger partial charge in [-0.25, -0.2) is 0 Å². The van der Waals surface area contributed by atoms with Crippen LogP contribution in [0.3, 0.4) is 0 Å². The first kappa shape index (κ1) is 18.4. The van der Waals surface area contributed by atoms with Crippen LogP contribution in [0, 0.1) is 23.7 Å². The van der Waals surface area contributed by atoms with E-state index in [2.05, 4.69) is 5.32 Å². The molecule has 1 aromatic rings. The minimum Gasteiger partial charge on any atom is -0.454 e. The van der Waals surface area contributed by atoms with Crippen LogP contribution in [0.1, 0.15) is 18.9 Å². The smallest absolute Gasteiger partial charge is 0.326 e. The number of anilines is 1. The molecular formula is C21H22N2O5. The van der Waals surface area contributed by atoms with Crippen molar-refractivity contribution in [3.8, 4) is 0 Å². The summed E-state index contributed by atoms with van der Waals surface area (Å²) in [6.07, 6.45) is 5.59. The predicted octanol–water partition coefficient (Wildman–Crippen LogP) is 1.54. The highest BCUT2D eigenvalue weighted by molar-refractivity contribution is 6.08. The first-order chi connectivity index (χ1) is 13.5. The van der Waals surface area contributed by atoms with E-state index in [1.54, 1.807) is 6.07 Å². The molecular weight excluding hydrogens is 360 g/mol. The first-order valence-electron chi connectivity index (χ1n) is 9.56. The number of esters is 1. The van der Waals surface area contributed by atoms with Crippen molar-refractivity contribution in [1.82, 2.24) is 4.90 Å². The molecule has 0 unspecified atom stereocenters. The summed E-state index contributed by atoms with van der Waals surface area (Å²) in [5, 5.41) is 2.71. The van der Waals surface area contributed by atoms with Gasteiger partial charge < -0.3 is 10.1 Å². The average molecular weight is 382 g/mol. The maximum atomic E-state index is 12.6. The zero-order valence-corrected chi connectivity index (χ0v) is 15.6. The summed E-state index contributed by atoms with van der Waals surface area (Å²) in [6, 6.07) is 7.38. The van der Waals surface area contributed by atoms with Gasteiger partial charge in [-0.3, -0.25) is 24.1 Å². The minimum atomic E-state index is -0.763. The number of fused-ring (bicyclic) bond motifs is 5. The van der Waals surface area contributed by atoms with Gasteiger partial charge in [0.2, 0.25) is 11.8 Å². The number of nitrogens with one attached hydrogen (secondary N) is 1. The van der Waals surface area contributed by atoms with Gasteiger partial charge in [-0.15, -0.1) is 0 Å². The molecule has 1 heterocycles. The molecule has 2 aliphatic carbocycles. The predicted molar refractivity (Wildman–Crippen MR) is 99.8 cm³/mol. The number of benzene rings is 1. The third-order valence-corrected chi connectivity index (χ3v) is 5.89. The van der Waals surface area contributed by atoms with Gasteiger partial charge in [0.15, 0.2) is 6.61 Å². The van der Waals surface area contributed by atoms with Gasteiger partial charge in [-0.2, -0.15) is 0 Å². The summed E-state index contributed by atoms with van der Waals surface area (Å²) in [5.74, 6) is -2.33. The van der Waals surface area contributed by atoms with Gasteiger partial charge >= 0.3 is 5.97 Å². The monoisotopic (exact) mass is 382 g/mol. The second-order valence-electron chi connectivity index (χ2n) is 7.48. The van der Waals surface area contributed by atoms with Crippen LogP contribution >= 0.6 is 0 Å². The number of carbonyl (C=O) groups is 4. The highest BCUT2D eigenvalue weighted by atomic mass is 16.5. The average Bonchev–Trinajstić information content (AvgIpc) is 3.37. The molecule has 0 spiro atoms. The van der Waals surface area contributed by atoms with Crippen LogP contribution < -0.4 is 5.32 Å². The highest BCUT2D eigenvalue weighted by Crippen LogP contribution is 2.52. The number of nitrogens with zero attached hydrogens (tertiary/aromatic N) is 1. The van der Waals surface area contributed by atoms with Crippen molar-refractivity contribution in [2.75, 3.05) is 18.5 Å². The third kappa shape index (κ3) is 3.10. The van der Waals surface area contributed by atoms with Gasteiger partial charge in [0.05, 0.1) is 11.8 Å². The zero-order chi connectivity index (χ0) is 19.8. The molecule has 146 valence electrons. The van der Waals surface area contributed by atoms with E-state index in [1.165, 1.54) is 0 Å². The fourth-order valence-corrected chi connectivity index (χ4v) is 4.58. The summed E-state index contributed by atoms with van der Waals surface area (Å²) in [7, 11) is 0. The number of ether oxygens (including phenoxy) is 1. The molecule has 1 saturated heterocycles. The van der Waals surface area contributed by atoms with Crippen molar-refractivity contribution in [2.24, 2.45) is 23.7 Å². The summed E-state index contributed by atoms with van der Waals surface area (Å²) in [4.78, 5) is 50.3. The Labute approximate surface area is 162 Å². The van der Waals surface area contributed by atoms with Crippen molar-refractivity contribution in [3.63, 3.8) is 0 Å². The Hall–Kier alpha value is -2.96. The largest absolute Gasteiger partial charge is 0.454 e. The van der Waals surface area contributed by atoms with Crippen molar-refractivity contribution in [3.05, 3.63) is 42.0 Å². The molecule has 1 aliphatic heterocycles. The lowest BCUT2D eigenvalue weighted by Crippen LogP contribution is -2.38. The van der Waals surface area contributed by atoms with E-state index >= 15 is 0 Å². The summed E-state index contributed by atoms with van der Waals surface area (Å²) < 4.78 is 4.99. The zero-order valence-electron chi connectivity index (χ0n) is 15.6. The number of para-hydroxylation sites is 1. The highest BCUT2D eigenvalue weighted by Gasteiger charge is 2.59. The number of hydrogen-bond acceptors (Lipinski definition) is 5. The summed E-state index contributed by atoms with van der Waals surface area (Å²) in [6.45, 7) is 1.07. The number of aryl methyl sites for hydroxylation is 1. The fourth-order valence-electron chi connectivity index (χ4n) is 4.58. The molecule has 0 aromatic heterocycles. The summed E-state index contributed by atoms with van der Waals surface area (Å²) >= 11 is 0. The van der Waals surface area contributed by atoms with Crippen molar-refractivity contribution < 1.29 is 23.9 Å². The number of allylic oxidation sites excluding steroid dienone is 2. The lowest BCUT2D eigenvalue weighted by Gasteiger charge is -2.16. The Morgan fingerprint density at radius 2 is 1.75 bits per heavy atom. The van der Waals surface area contributed by atoms with Crippen molar-refractivity contribution >= 4 is 29.4 Å². The van der Waals surface area contributed by atoms with E-state index in [1.807, 2.05) is 37.3 Å². The molecule has 1 aromatic carbocycles. The van der Waals surface area contributed by atoms with Crippen LogP contribution in [0.2, 0.25) is 0 Å². The van der Waals surface area contributed by atoms with Gasteiger partial charge in [-0.05, 0) is 36.3 Å². The van der Waals surface area contributed by atoms with Crippen molar-refractivity contribution in [1.29, 1.82) is 0 Å². The van der Waals surface area contributed by atoms with Gasteiger partial charge in [0.25, 0.3) is 5.91 Å². The van der Waals surface area contributed by atoms with Crippen LogP contribution in [0.25, 0.3) is 0 Å². The van der Waals surface area contributed by atoms with E-state index in [0.717, 1.165) is 23.3 Å². The Kier molecular flexibility index (Phi) is 4.75. The lowest BCUT2D eigenvalue weighted by atomic mass is 9.85. The van der Waals surface area contributed by atoms with Crippen LogP contribution in [-0.2, 0) is 30.3 Å². The quantitative estimate of drug-likeness (QED) is 0.458. The van der Waals surface area contributed by atoms with E-state index < -0.39 is 25.0 Å².